The van der Waals surface area contributed by atoms with Crippen molar-refractivity contribution >= 4 is 47.4 Å². The third kappa shape index (κ3) is 16.3. The fourth-order valence-corrected chi connectivity index (χ4v) is 5.05. The minimum absolute atomic E-state index is 0.0175. The van der Waals surface area contributed by atoms with Gasteiger partial charge in [-0.05, 0) is 50.0 Å². The molecule has 0 radical (unpaired) electrons. The lowest BCUT2D eigenvalue weighted by Crippen LogP contribution is -2.58. The van der Waals surface area contributed by atoms with Gasteiger partial charge in [0.1, 0.15) is 24.2 Å². The molecule has 17 nitrogen and oxygen atoms in total. The lowest BCUT2D eigenvalue weighted by atomic mass is 10.0. The molecule has 1 aromatic rings. The zero-order valence-corrected chi connectivity index (χ0v) is 28.7. The number of guanidine groups is 1. The van der Waals surface area contributed by atoms with Crippen LogP contribution < -0.4 is 43.4 Å². The summed E-state index contributed by atoms with van der Waals surface area (Å²) < 4.78 is 0. The number of benzene rings is 1. The van der Waals surface area contributed by atoms with Gasteiger partial charge >= 0.3 is 5.97 Å². The molecule has 0 aromatic heterocycles. The molecule has 276 valence electrons. The number of nitrogens with zero attached hydrogens (tertiary/aromatic N) is 1. The van der Waals surface area contributed by atoms with Gasteiger partial charge in [0.15, 0.2) is 5.96 Å². The van der Waals surface area contributed by atoms with Crippen molar-refractivity contribution in [2.45, 2.75) is 95.8 Å². The first-order chi connectivity index (χ1) is 23.7. The molecule has 1 saturated heterocycles. The number of aliphatic imine (C=N–C) groups is 1. The second-order valence-corrected chi connectivity index (χ2v) is 12.5. The van der Waals surface area contributed by atoms with Gasteiger partial charge in [-0.15, -0.1) is 0 Å². The third-order valence-corrected chi connectivity index (χ3v) is 7.77. The van der Waals surface area contributed by atoms with Gasteiger partial charge in [-0.2, -0.15) is 0 Å². The Bertz CT molecular complexity index is 1350. The highest BCUT2D eigenvalue weighted by molar-refractivity contribution is 5.98. The fourth-order valence-electron chi connectivity index (χ4n) is 5.05. The van der Waals surface area contributed by atoms with E-state index in [0.29, 0.717) is 37.3 Å². The minimum Gasteiger partial charge on any atom is -0.481 e. The van der Waals surface area contributed by atoms with Gasteiger partial charge in [-0.25, -0.2) is 0 Å². The molecular formula is C33H51N9O8. The SMILES string of the molecule is CC(C)CCC(=O)NCCCCC1NC(=O)C(Cc2ccccc2)NC(=O)[C@H](CC(=O)O)NC(=O)CNC(=O)[C@H](CCCN=C(N)N)NC1=O. The minimum atomic E-state index is -1.57. The molecule has 4 atom stereocenters. The van der Waals surface area contributed by atoms with E-state index in [4.69, 9.17) is 11.5 Å². The first-order valence-corrected chi connectivity index (χ1v) is 16.8. The maximum absolute atomic E-state index is 13.8. The molecule has 2 rings (SSSR count). The maximum atomic E-state index is 13.8. The quantitative estimate of drug-likeness (QED) is 0.0549. The smallest absolute Gasteiger partial charge is 0.305 e. The van der Waals surface area contributed by atoms with Crippen LogP contribution in [0.1, 0.15) is 70.8 Å². The number of carbonyl (C=O) groups is 7. The van der Waals surface area contributed by atoms with Gasteiger partial charge < -0.3 is 48.5 Å². The molecule has 1 fully saturated rings. The second kappa shape index (κ2) is 21.7. The van der Waals surface area contributed by atoms with Gasteiger partial charge in [0.05, 0.1) is 13.0 Å². The highest BCUT2D eigenvalue weighted by Gasteiger charge is 2.33. The van der Waals surface area contributed by atoms with Crippen molar-refractivity contribution in [1.29, 1.82) is 0 Å². The lowest BCUT2D eigenvalue weighted by Gasteiger charge is -2.26. The first kappa shape index (κ1) is 41.0. The summed E-state index contributed by atoms with van der Waals surface area (Å²) in [6, 6.07) is 3.54. The Morgan fingerprint density at radius 1 is 0.840 bits per heavy atom. The Kier molecular flexibility index (Phi) is 17.8. The van der Waals surface area contributed by atoms with E-state index < -0.39 is 72.6 Å². The predicted molar refractivity (Wildman–Crippen MR) is 184 cm³/mol. The van der Waals surface area contributed by atoms with E-state index in [1.807, 2.05) is 13.8 Å². The number of nitrogens with one attached hydrogen (secondary N) is 6. The molecule has 0 spiro atoms. The van der Waals surface area contributed by atoms with Crippen molar-refractivity contribution in [2.24, 2.45) is 22.4 Å². The van der Waals surface area contributed by atoms with Gasteiger partial charge in [0.2, 0.25) is 35.4 Å². The topological polar surface area (TPSA) is 276 Å². The van der Waals surface area contributed by atoms with Crippen LogP contribution in [0.4, 0.5) is 0 Å². The lowest BCUT2D eigenvalue weighted by molar-refractivity contribution is -0.141. The summed E-state index contributed by atoms with van der Waals surface area (Å²) in [5.74, 6) is -5.20. The van der Waals surface area contributed by atoms with Crippen LogP contribution in [0.5, 0.6) is 0 Å². The number of hydrogen-bond donors (Lipinski definition) is 9. The van der Waals surface area contributed by atoms with Crippen LogP contribution >= 0.6 is 0 Å². The van der Waals surface area contributed by atoms with Gasteiger partial charge in [-0.3, -0.25) is 38.6 Å². The third-order valence-electron chi connectivity index (χ3n) is 7.77. The molecule has 50 heavy (non-hydrogen) atoms. The van der Waals surface area contributed by atoms with Crippen LogP contribution in [0.25, 0.3) is 0 Å². The van der Waals surface area contributed by atoms with E-state index in [1.165, 1.54) is 0 Å². The van der Waals surface area contributed by atoms with E-state index in [1.54, 1.807) is 30.3 Å². The Labute approximate surface area is 291 Å². The Hall–Kier alpha value is -5.22. The summed E-state index contributed by atoms with van der Waals surface area (Å²) in [7, 11) is 0. The molecule has 0 aliphatic carbocycles. The molecule has 17 heteroatoms. The summed E-state index contributed by atoms with van der Waals surface area (Å²) in [5, 5.41) is 24.9. The summed E-state index contributed by atoms with van der Waals surface area (Å²) in [6.07, 6.45) is 1.69. The van der Waals surface area contributed by atoms with Crippen LogP contribution in [-0.4, -0.2) is 96.3 Å². The second-order valence-electron chi connectivity index (χ2n) is 12.5. The standard InChI is InChI=1S/C33H51N9O8/c1-20(2)13-14-26(43)36-15-7-6-11-23-30(48)40-22(12-8-16-37-33(34)35)29(47)38-19-27(44)39-25(18-28(45)46)32(50)42-24(31(49)41-23)17-21-9-4-3-5-10-21/h3-5,9-10,20,22-25H,6-8,11-19H2,1-2H3,(H,36,43)(H,38,47)(H,39,44)(H,40,48)(H,41,49)(H,42,50)(H,45,46)(H4,34,35,37)/t22-,23?,24?,25-/m0/s1. The Balaban J connectivity index is 2.37. The van der Waals surface area contributed by atoms with Gasteiger partial charge in [-0.1, -0.05) is 44.2 Å². The number of nitrogens with two attached hydrogens (primary N) is 2. The number of unbranched alkanes of at least 4 members (excludes halogenated alkanes) is 1. The molecule has 1 aliphatic rings. The molecule has 1 heterocycles. The zero-order chi connectivity index (χ0) is 37.1. The molecule has 11 N–H and O–H groups in total. The zero-order valence-electron chi connectivity index (χ0n) is 28.7. The summed E-state index contributed by atoms with van der Waals surface area (Å²) in [6.45, 7) is 3.93. The van der Waals surface area contributed by atoms with Gasteiger partial charge in [0, 0.05) is 25.9 Å². The molecule has 0 bridgehead atoms. The number of carboxylic acid groups (broad SMARTS) is 1. The number of rotatable bonds is 16. The van der Waals surface area contributed by atoms with E-state index in [2.05, 4.69) is 36.9 Å². The molecule has 1 aliphatic heterocycles. The van der Waals surface area contributed by atoms with Crippen LogP contribution in [0, 0.1) is 5.92 Å². The number of amides is 6. The van der Waals surface area contributed by atoms with Crippen LogP contribution in [-0.2, 0) is 40.0 Å². The van der Waals surface area contributed by atoms with Crippen molar-refractivity contribution in [1.82, 2.24) is 31.9 Å². The van der Waals surface area contributed by atoms with Crippen LogP contribution in [0.15, 0.2) is 35.3 Å². The van der Waals surface area contributed by atoms with Crippen LogP contribution in [0.3, 0.4) is 0 Å². The average molecular weight is 702 g/mol. The summed E-state index contributed by atoms with van der Waals surface area (Å²) in [5.41, 5.74) is 11.4. The van der Waals surface area contributed by atoms with Crippen molar-refractivity contribution in [3.8, 4) is 0 Å². The highest BCUT2D eigenvalue weighted by atomic mass is 16.4. The average Bonchev–Trinajstić information content (AvgIpc) is 3.05. The normalized spacial score (nSPS) is 20.6. The molecule has 2 unspecified atom stereocenters. The summed E-state index contributed by atoms with van der Waals surface area (Å²) in [4.78, 5) is 94.4. The fraction of sp³-hybridized carbons (Fsp3) is 0.576. The first-order valence-electron chi connectivity index (χ1n) is 16.8. The molecule has 1 aromatic carbocycles. The number of carbonyl (C=O) groups excluding carboxylic acids is 6. The number of carboxylic acids is 1. The van der Waals surface area contributed by atoms with Gasteiger partial charge in [0.25, 0.3) is 0 Å². The van der Waals surface area contributed by atoms with Crippen molar-refractivity contribution in [3.63, 3.8) is 0 Å². The maximum Gasteiger partial charge on any atom is 0.305 e. The van der Waals surface area contributed by atoms with Crippen molar-refractivity contribution < 1.29 is 38.7 Å². The van der Waals surface area contributed by atoms with E-state index >= 15 is 0 Å². The summed E-state index contributed by atoms with van der Waals surface area (Å²) >= 11 is 0. The Morgan fingerprint density at radius 3 is 2.08 bits per heavy atom. The molecule has 0 saturated carbocycles. The molecular weight excluding hydrogens is 650 g/mol. The van der Waals surface area contributed by atoms with Crippen molar-refractivity contribution in [3.05, 3.63) is 35.9 Å². The predicted octanol–water partition coefficient (Wildman–Crippen LogP) is -1.45. The van der Waals surface area contributed by atoms with E-state index in [9.17, 15) is 38.7 Å². The number of aliphatic carboxylic acids is 1. The largest absolute Gasteiger partial charge is 0.481 e. The highest BCUT2D eigenvalue weighted by Crippen LogP contribution is 2.10. The Morgan fingerprint density at radius 2 is 1.44 bits per heavy atom. The van der Waals surface area contributed by atoms with E-state index in [-0.39, 0.29) is 44.1 Å². The van der Waals surface area contributed by atoms with Crippen molar-refractivity contribution in [2.75, 3.05) is 19.6 Å². The van der Waals surface area contributed by atoms with E-state index in [0.717, 1.165) is 6.42 Å². The molecule has 6 amide bonds. The van der Waals surface area contributed by atoms with Crippen LogP contribution in [0.2, 0.25) is 0 Å². The number of hydrogen-bond acceptors (Lipinski definition) is 8. The monoisotopic (exact) mass is 701 g/mol.